The predicted molar refractivity (Wildman–Crippen MR) is 89.6 cm³/mol. The van der Waals surface area contributed by atoms with E-state index in [4.69, 9.17) is 9.47 Å². The molecular weight excluding hydrogens is 318 g/mol. The molecular formula is C19H23N3O3. The summed E-state index contributed by atoms with van der Waals surface area (Å²) in [5.74, 6) is 0.591. The van der Waals surface area contributed by atoms with Crippen LogP contribution in [0.1, 0.15) is 38.5 Å². The molecule has 2 heterocycles. The molecule has 0 spiro atoms. The van der Waals surface area contributed by atoms with Gasteiger partial charge in [0.2, 0.25) is 11.8 Å². The van der Waals surface area contributed by atoms with Crippen molar-refractivity contribution in [3.8, 4) is 11.9 Å². The number of nitriles is 1. The lowest BCUT2D eigenvalue weighted by Crippen LogP contribution is -2.57. The molecule has 1 aromatic rings. The van der Waals surface area contributed by atoms with Gasteiger partial charge < -0.3 is 14.4 Å². The molecule has 0 radical (unpaired) electrons. The van der Waals surface area contributed by atoms with Crippen LogP contribution in [0.15, 0.2) is 24.4 Å². The van der Waals surface area contributed by atoms with Gasteiger partial charge in [0.1, 0.15) is 17.6 Å². The van der Waals surface area contributed by atoms with Crippen LogP contribution in [0.4, 0.5) is 0 Å². The van der Waals surface area contributed by atoms with Gasteiger partial charge in [-0.3, -0.25) is 4.79 Å². The summed E-state index contributed by atoms with van der Waals surface area (Å²) in [6.07, 6.45) is 6.43. The molecule has 132 valence electrons. The Labute approximate surface area is 147 Å². The van der Waals surface area contributed by atoms with Gasteiger partial charge in [0.15, 0.2) is 0 Å². The van der Waals surface area contributed by atoms with Gasteiger partial charge in [-0.05, 0) is 31.7 Å². The summed E-state index contributed by atoms with van der Waals surface area (Å²) >= 11 is 0. The average molecular weight is 341 g/mol. The second-order valence-corrected chi connectivity index (χ2v) is 7.20. The van der Waals surface area contributed by atoms with Crippen LogP contribution in [0.25, 0.3) is 0 Å². The molecule has 1 saturated heterocycles. The predicted octanol–water partition coefficient (Wildman–Crippen LogP) is 2.30. The number of amides is 1. The molecule has 2 aliphatic carbocycles. The van der Waals surface area contributed by atoms with E-state index < -0.39 is 5.41 Å². The highest BCUT2D eigenvalue weighted by Gasteiger charge is 2.51. The van der Waals surface area contributed by atoms with Crippen LogP contribution in [-0.4, -0.2) is 47.2 Å². The fourth-order valence-electron chi connectivity index (χ4n) is 4.49. The highest BCUT2D eigenvalue weighted by molar-refractivity contribution is 5.86. The standard InChI is InChI=1S/C19H23N3O3/c20-13-19(8-2-3-9-19)18(23)22-11-12-24-17-14(22)6-7-15(17)25-16-5-1-4-10-21-16/h1,4-5,10,14-15,17H,2-3,6-9,11-12H2/t14-,15-,17+/m0/s1. The average Bonchev–Trinajstić information content (AvgIpc) is 3.30. The lowest BCUT2D eigenvalue weighted by molar-refractivity contribution is -0.155. The van der Waals surface area contributed by atoms with E-state index in [-0.39, 0.29) is 24.2 Å². The van der Waals surface area contributed by atoms with E-state index in [1.54, 1.807) is 6.20 Å². The molecule has 3 fully saturated rings. The summed E-state index contributed by atoms with van der Waals surface area (Å²) < 4.78 is 12.0. The number of hydrogen-bond donors (Lipinski definition) is 0. The molecule has 0 N–H and O–H groups in total. The number of hydrogen-bond acceptors (Lipinski definition) is 5. The Morgan fingerprint density at radius 1 is 1.36 bits per heavy atom. The zero-order valence-electron chi connectivity index (χ0n) is 14.3. The van der Waals surface area contributed by atoms with Crippen molar-refractivity contribution in [1.82, 2.24) is 9.88 Å². The topological polar surface area (TPSA) is 75.5 Å². The van der Waals surface area contributed by atoms with Crippen molar-refractivity contribution in [3.05, 3.63) is 24.4 Å². The summed E-state index contributed by atoms with van der Waals surface area (Å²) in [7, 11) is 0. The first-order valence-electron chi connectivity index (χ1n) is 9.15. The van der Waals surface area contributed by atoms with E-state index in [1.165, 1.54) is 0 Å². The zero-order valence-corrected chi connectivity index (χ0v) is 14.3. The minimum absolute atomic E-state index is 0.000729. The molecule has 1 aliphatic heterocycles. The highest BCUT2D eigenvalue weighted by atomic mass is 16.5. The molecule has 6 nitrogen and oxygen atoms in total. The van der Waals surface area contributed by atoms with Gasteiger partial charge in [-0.1, -0.05) is 18.9 Å². The maximum atomic E-state index is 13.2. The van der Waals surface area contributed by atoms with Gasteiger partial charge in [-0.2, -0.15) is 5.26 Å². The molecule has 0 unspecified atom stereocenters. The number of carbonyl (C=O) groups excluding carboxylic acids is 1. The van der Waals surface area contributed by atoms with Crippen molar-refractivity contribution in [2.75, 3.05) is 13.2 Å². The normalized spacial score (nSPS) is 30.5. The fourth-order valence-corrected chi connectivity index (χ4v) is 4.49. The third-order valence-electron chi connectivity index (χ3n) is 5.79. The summed E-state index contributed by atoms with van der Waals surface area (Å²) in [5.41, 5.74) is -0.818. The number of pyridine rings is 1. The quantitative estimate of drug-likeness (QED) is 0.843. The minimum atomic E-state index is -0.818. The van der Waals surface area contributed by atoms with Gasteiger partial charge in [0.05, 0.1) is 18.7 Å². The molecule has 2 saturated carbocycles. The van der Waals surface area contributed by atoms with Crippen LogP contribution in [0.5, 0.6) is 5.88 Å². The van der Waals surface area contributed by atoms with E-state index in [2.05, 4.69) is 11.1 Å². The molecule has 3 atom stereocenters. The first kappa shape index (κ1) is 16.3. The number of fused-ring (bicyclic) bond motifs is 1. The number of morpholine rings is 1. The summed E-state index contributed by atoms with van der Waals surface area (Å²) in [6.45, 7) is 1.07. The van der Waals surface area contributed by atoms with Gasteiger partial charge >= 0.3 is 0 Å². The smallest absolute Gasteiger partial charge is 0.243 e. The Kier molecular flexibility index (Phi) is 4.34. The van der Waals surface area contributed by atoms with Crippen molar-refractivity contribution in [2.45, 2.75) is 56.8 Å². The van der Waals surface area contributed by atoms with E-state index in [0.29, 0.717) is 31.9 Å². The number of aromatic nitrogens is 1. The molecule has 4 rings (SSSR count). The summed E-state index contributed by atoms with van der Waals surface area (Å²) in [5, 5.41) is 9.64. The number of carbonyl (C=O) groups is 1. The largest absolute Gasteiger partial charge is 0.471 e. The first-order chi connectivity index (χ1) is 12.2. The summed E-state index contributed by atoms with van der Waals surface area (Å²) in [6, 6.07) is 7.91. The van der Waals surface area contributed by atoms with E-state index in [9.17, 15) is 10.1 Å². The lowest BCUT2D eigenvalue weighted by Gasteiger charge is -2.41. The van der Waals surface area contributed by atoms with Crippen molar-refractivity contribution >= 4 is 5.91 Å². The number of ether oxygens (including phenoxy) is 2. The van der Waals surface area contributed by atoms with Crippen molar-refractivity contribution in [2.24, 2.45) is 5.41 Å². The maximum Gasteiger partial charge on any atom is 0.243 e. The first-order valence-corrected chi connectivity index (χ1v) is 9.15. The van der Waals surface area contributed by atoms with Crippen molar-refractivity contribution in [1.29, 1.82) is 5.26 Å². The molecule has 6 heteroatoms. The highest BCUT2D eigenvalue weighted by Crippen LogP contribution is 2.42. The Morgan fingerprint density at radius 2 is 2.20 bits per heavy atom. The Balaban J connectivity index is 1.50. The van der Waals surface area contributed by atoms with Gasteiger partial charge in [0.25, 0.3) is 0 Å². The van der Waals surface area contributed by atoms with Crippen LogP contribution in [-0.2, 0) is 9.53 Å². The fraction of sp³-hybridized carbons (Fsp3) is 0.632. The van der Waals surface area contributed by atoms with Crippen LogP contribution < -0.4 is 4.74 Å². The zero-order chi connectivity index (χ0) is 17.3. The minimum Gasteiger partial charge on any atom is -0.471 e. The van der Waals surface area contributed by atoms with Crippen LogP contribution in [0.2, 0.25) is 0 Å². The van der Waals surface area contributed by atoms with Crippen LogP contribution in [0, 0.1) is 16.7 Å². The van der Waals surface area contributed by atoms with Gasteiger partial charge in [-0.25, -0.2) is 4.98 Å². The van der Waals surface area contributed by atoms with Crippen molar-refractivity contribution < 1.29 is 14.3 Å². The van der Waals surface area contributed by atoms with Crippen LogP contribution in [0.3, 0.4) is 0 Å². The molecule has 1 aromatic heterocycles. The molecule has 1 amide bonds. The molecule has 0 bridgehead atoms. The Morgan fingerprint density at radius 3 is 2.92 bits per heavy atom. The third kappa shape index (κ3) is 2.87. The van der Waals surface area contributed by atoms with Gasteiger partial charge in [0, 0.05) is 18.8 Å². The molecule has 25 heavy (non-hydrogen) atoms. The number of nitrogens with zero attached hydrogens (tertiary/aromatic N) is 3. The molecule has 3 aliphatic rings. The Bertz CT molecular complexity index is 666. The Hall–Kier alpha value is -2.13. The SMILES string of the molecule is N#CC1(C(=O)N2CCO[C@H]3[C@@H](Oc4ccccn4)CC[C@@H]32)CCCC1. The maximum absolute atomic E-state index is 13.2. The third-order valence-corrected chi connectivity index (χ3v) is 5.79. The van der Waals surface area contributed by atoms with E-state index in [0.717, 1.165) is 25.7 Å². The monoisotopic (exact) mass is 341 g/mol. The molecule has 0 aromatic carbocycles. The van der Waals surface area contributed by atoms with Crippen LogP contribution >= 0.6 is 0 Å². The van der Waals surface area contributed by atoms with E-state index >= 15 is 0 Å². The lowest BCUT2D eigenvalue weighted by atomic mass is 9.85. The summed E-state index contributed by atoms with van der Waals surface area (Å²) in [4.78, 5) is 19.3. The second kappa shape index (κ2) is 6.64. The second-order valence-electron chi connectivity index (χ2n) is 7.20. The van der Waals surface area contributed by atoms with E-state index in [1.807, 2.05) is 23.1 Å². The number of rotatable bonds is 3. The van der Waals surface area contributed by atoms with Gasteiger partial charge in [-0.15, -0.1) is 0 Å². The van der Waals surface area contributed by atoms with Crippen molar-refractivity contribution in [3.63, 3.8) is 0 Å².